The highest BCUT2D eigenvalue weighted by molar-refractivity contribution is 8.00. The van der Waals surface area contributed by atoms with Gasteiger partial charge in [0.25, 0.3) is 0 Å². The fourth-order valence-electron chi connectivity index (χ4n) is 2.82. The first kappa shape index (κ1) is 20.7. The maximum atomic E-state index is 13.2. The fraction of sp³-hybridized carbons (Fsp3) is 0.217. The molecule has 0 bridgehead atoms. The van der Waals surface area contributed by atoms with Crippen molar-refractivity contribution >= 4 is 29.1 Å². The zero-order valence-electron chi connectivity index (χ0n) is 16.9. The van der Waals surface area contributed by atoms with Gasteiger partial charge in [-0.15, -0.1) is 0 Å². The lowest BCUT2D eigenvalue weighted by Gasteiger charge is -2.17. The Labute approximate surface area is 175 Å². The van der Waals surface area contributed by atoms with Crippen molar-refractivity contribution in [2.75, 3.05) is 5.32 Å². The van der Waals surface area contributed by atoms with Crippen LogP contribution in [0.4, 0.5) is 5.69 Å². The average molecular weight is 406 g/mol. The molecule has 0 saturated heterocycles. The summed E-state index contributed by atoms with van der Waals surface area (Å²) >= 11 is 1.32. The summed E-state index contributed by atoms with van der Waals surface area (Å²) < 4.78 is 0. The molecule has 0 aliphatic heterocycles. The van der Waals surface area contributed by atoms with Gasteiger partial charge in [-0.25, -0.2) is 9.97 Å². The lowest BCUT2D eigenvalue weighted by Crippen LogP contribution is -2.19. The Hall–Kier alpha value is -2.99. The normalized spacial score (nSPS) is 11.7. The number of aryl methyl sites for hydroxylation is 2. The van der Waals surface area contributed by atoms with Gasteiger partial charge in [-0.05, 0) is 51.0 Å². The number of nitrogens with zero attached hydrogens (tertiary/aromatic N) is 2. The van der Waals surface area contributed by atoms with Crippen molar-refractivity contribution in [3.05, 3.63) is 82.7 Å². The van der Waals surface area contributed by atoms with Gasteiger partial charge in [0.2, 0.25) is 5.91 Å². The van der Waals surface area contributed by atoms with Crippen molar-refractivity contribution in [1.29, 1.82) is 0 Å². The molecule has 0 unspecified atom stereocenters. The van der Waals surface area contributed by atoms with Crippen LogP contribution < -0.4 is 5.32 Å². The minimum absolute atomic E-state index is 0.0471. The molecule has 1 amide bonds. The molecule has 3 rings (SSSR count). The van der Waals surface area contributed by atoms with Gasteiger partial charge in [-0.3, -0.25) is 9.59 Å². The summed E-state index contributed by atoms with van der Waals surface area (Å²) in [4.78, 5) is 33.9. The number of rotatable bonds is 6. The van der Waals surface area contributed by atoms with Gasteiger partial charge in [-0.1, -0.05) is 54.2 Å². The third-order valence-corrected chi connectivity index (χ3v) is 5.83. The zero-order chi connectivity index (χ0) is 21.0. The van der Waals surface area contributed by atoms with Crippen LogP contribution in [-0.2, 0) is 4.79 Å². The SMILES string of the molecule is CC(=O)c1cccc(NC(=O)[C@@H](Sc2nc(C)c(C)c(C)n2)c2ccccc2)c1. The molecular formula is C23H23N3O2S. The number of hydrogen-bond acceptors (Lipinski definition) is 5. The molecule has 0 radical (unpaired) electrons. The molecule has 0 spiro atoms. The van der Waals surface area contributed by atoms with Gasteiger partial charge in [-0.2, -0.15) is 0 Å². The van der Waals surface area contributed by atoms with E-state index in [0.29, 0.717) is 16.4 Å². The summed E-state index contributed by atoms with van der Waals surface area (Å²) in [6.45, 7) is 7.38. The van der Waals surface area contributed by atoms with E-state index < -0.39 is 5.25 Å². The van der Waals surface area contributed by atoms with E-state index >= 15 is 0 Å². The first-order valence-electron chi connectivity index (χ1n) is 9.30. The Bertz CT molecular complexity index is 1030. The fourth-order valence-corrected chi connectivity index (χ4v) is 3.87. The highest BCUT2D eigenvalue weighted by Gasteiger charge is 2.24. The Morgan fingerprint density at radius 1 is 0.931 bits per heavy atom. The molecular weight excluding hydrogens is 382 g/mol. The molecule has 3 aromatic rings. The van der Waals surface area contributed by atoms with Crippen LogP contribution in [0.25, 0.3) is 0 Å². The van der Waals surface area contributed by atoms with E-state index in [9.17, 15) is 9.59 Å². The van der Waals surface area contributed by atoms with Gasteiger partial charge >= 0.3 is 0 Å². The van der Waals surface area contributed by atoms with E-state index in [1.165, 1.54) is 18.7 Å². The minimum Gasteiger partial charge on any atom is -0.325 e. The van der Waals surface area contributed by atoms with Gasteiger partial charge < -0.3 is 5.32 Å². The van der Waals surface area contributed by atoms with Crippen LogP contribution in [0.3, 0.4) is 0 Å². The van der Waals surface area contributed by atoms with Gasteiger partial charge in [0.05, 0.1) is 0 Å². The molecule has 1 atom stereocenters. The predicted octanol–water partition coefficient (Wildman–Crippen LogP) is 5.08. The van der Waals surface area contributed by atoms with Crippen LogP contribution >= 0.6 is 11.8 Å². The molecule has 148 valence electrons. The number of nitrogens with one attached hydrogen (secondary N) is 1. The molecule has 6 heteroatoms. The summed E-state index contributed by atoms with van der Waals surface area (Å²) in [5.74, 6) is -0.240. The number of anilines is 1. The Morgan fingerprint density at radius 2 is 1.59 bits per heavy atom. The molecule has 0 fully saturated rings. The quantitative estimate of drug-likeness (QED) is 0.352. The van der Waals surface area contributed by atoms with Crippen LogP contribution in [0, 0.1) is 20.8 Å². The van der Waals surface area contributed by atoms with Crippen molar-refractivity contribution in [3.8, 4) is 0 Å². The topological polar surface area (TPSA) is 72.0 Å². The number of carbonyl (C=O) groups is 2. The third-order valence-electron chi connectivity index (χ3n) is 4.71. The number of hydrogen-bond donors (Lipinski definition) is 1. The Balaban J connectivity index is 1.91. The van der Waals surface area contributed by atoms with Gasteiger partial charge in [0, 0.05) is 22.6 Å². The first-order chi connectivity index (χ1) is 13.8. The number of aromatic nitrogens is 2. The van der Waals surface area contributed by atoms with E-state index in [2.05, 4.69) is 15.3 Å². The average Bonchev–Trinajstić information content (AvgIpc) is 2.71. The summed E-state index contributed by atoms with van der Waals surface area (Å²) in [5, 5.41) is 2.96. The highest BCUT2D eigenvalue weighted by Crippen LogP contribution is 2.35. The van der Waals surface area contributed by atoms with E-state index in [4.69, 9.17) is 0 Å². The van der Waals surface area contributed by atoms with Crippen molar-refractivity contribution < 1.29 is 9.59 Å². The Kier molecular flexibility index (Phi) is 6.44. The molecule has 1 heterocycles. The number of thioether (sulfide) groups is 1. The summed E-state index contributed by atoms with van der Waals surface area (Å²) in [5.41, 5.74) is 4.86. The second-order valence-electron chi connectivity index (χ2n) is 6.84. The number of ketones is 1. The van der Waals surface area contributed by atoms with Crippen LogP contribution in [0.2, 0.25) is 0 Å². The maximum Gasteiger partial charge on any atom is 0.242 e. The number of amides is 1. The van der Waals surface area contributed by atoms with Gasteiger partial charge in [0.15, 0.2) is 10.9 Å². The summed E-state index contributed by atoms with van der Waals surface area (Å²) in [6.07, 6.45) is 0. The molecule has 0 aliphatic carbocycles. The predicted molar refractivity (Wildman–Crippen MR) is 116 cm³/mol. The number of benzene rings is 2. The van der Waals surface area contributed by atoms with E-state index in [0.717, 1.165) is 22.5 Å². The van der Waals surface area contributed by atoms with Crippen LogP contribution in [0.1, 0.15) is 45.0 Å². The third kappa shape index (κ3) is 5.09. The smallest absolute Gasteiger partial charge is 0.242 e. The van der Waals surface area contributed by atoms with Crippen molar-refractivity contribution in [3.63, 3.8) is 0 Å². The Morgan fingerprint density at radius 3 is 2.21 bits per heavy atom. The molecule has 1 aromatic heterocycles. The van der Waals surface area contributed by atoms with Crippen LogP contribution in [0.15, 0.2) is 59.8 Å². The molecule has 0 saturated carbocycles. The van der Waals surface area contributed by atoms with Crippen molar-refractivity contribution in [2.24, 2.45) is 0 Å². The highest BCUT2D eigenvalue weighted by atomic mass is 32.2. The van der Waals surface area contributed by atoms with Crippen molar-refractivity contribution in [2.45, 2.75) is 38.1 Å². The monoisotopic (exact) mass is 405 g/mol. The maximum absolute atomic E-state index is 13.2. The second kappa shape index (κ2) is 9.01. The lowest BCUT2D eigenvalue weighted by atomic mass is 10.1. The van der Waals surface area contributed by atoms with Crippen LogP contribution in [-0.4, -0.2) is 21.7 Å². The molecule has 5 nitrogen and oxygen atoms in total. The number of carbonyl (C=O) groups excluding carboxylic acids is 2. The zero-order valence-corrected chi connectivity index (χ0v) is 17.7. The molecule has 29 heavy (non-hydrogen) atoms. The first-order valence-corrected chi connectivity index (χ1v) is 10.2. The summed E-state index contributed by atoms with van der Waals surface area (Å²) in [7, 11) is 0. The molecule has 1 N–H and O–H groups in total. The largest absolute Gasteiger partial charge is 0.325 e. The van der Waals surface area contributed by atoms with E-state index in [-0.39, 0.29) is 11.7 Å². The van der Waals surface area contributed by atoms with E-state index in [1.807, 2.05) is 51.1 Å². The molecule has 0 aliphatic rings. The van der Waals surface area contributed by atoms with E-state index in [1.54, 1.807) is 24.3 Å². The van der Waals surface area contributed by atoms with Gasteiger partial charge in [0.1, 0.15) is 5.25 Å². The number of Topliss-reactive ketones (excluding diaryl/α,β-unsaturated/α-hetero) is 1. The van der Waals surface area contributed by atoms with Crippen molar-refractivity contribution in [1.82, 2.24) is 9.97 Å². The minimum atomic E-state index is -0.529. The second-order valence-corrected chi connectivity index (χ2v) is 7.91. The molecule has 2 aromatic carbocycles. The lowest BCUT2D eigenvalue weighted by molar-refractivity contribution is -0.115. The standard InChI is InChI=1S/C23H23N3O2S/c1-14-15(2)24-23(25-16(14)3)29-21(18-9-6-5-7-10-18)22(28)26-20-12-8-11-19(13-20)17(4)27/h5-13,21H,1-4H3,(H,26,28)/t21-/m0/s1. The summed E-state index contributed by atoms with van der Waals surface area (Å²) in [6, 6.07) is 16.5. The van der Waals surface area contributed by atoms with Crippen LogP contribution in [0.5, 0.6) is 0 Å².